The van der Waals surface area contributed by atoms with Gasteiger partial charge >= 0.3 is 5.97 Å². The summed E-state index contributed by atoms with van der Waals surface area (Å²) in [6.45, 7) is 1.36. The Labute approximate surface area is 149 Å². The minimum absolute atomic E-state index is 0.0891. The Bertz CT molecular complexity index is 819. The smallest absolute Gasteiger partial charge is 0.326 e. The third-order valence-electron chi connectivity index (χ3n) is 3.38. The zero-order valence-electron chi connectivity index (χ0n) is 13.4. The molecule has 134 valence electrons. The Morgan fingerprint density at radius 1 is 1.16 bits per heavy atom. The second kappa shape index (κ2) is 8.24. The van der Waals surface area contributed by atoms with E-state index in [9.17, 15) is 23.1 Å². The Hall–Kier alpha value is -2.23. The number of carboxylic acids is 1. The number of carboxylic acid groups (broad SMARTS) is 1. The van der Waals surface area contributed by atoms with Crippen LogP contribution in [-0.2, 0) is 26.0 Å². The van der Waals surface area contributed by atoms with E-state index < -0.39 is 34.0 Å². The van der Waals surface area contributed by atoms with Gasteiger partial charge in [0.1, 0.15) is 10.3 Å². The number of amides is 1. The van der Waals surface area contributed by atoms with Crippen molar-refractivity contribution in [2.75, 3.05) is 0 Å². The highest BCUT2D eigenvalue weighted by Crippen LogP contribution is 2.15. The van der Waals surface area contributed by atoms with Crippen molar-refractivity contribution >= 4 is 33.2 Å². The molecule has 0 radical (unpaired) electrons. The lowest BCUT2D eigenvalue weighted by Crippen LogP contribution is -2.50. The van der Waals surface area contributed by atoms with E-state index in [4.69, 9.17) is 0 Å². The van der Waals surface area contributed by atoms with Crippen LogP contribution in [0, 0.1) is 0 Å². The largest absolute Gasteiger partial charge is 0.480 e. The number of hydrogen-bond acceptors (Lipinski definition) is 5. The molecule has 2 unspecified atom stereocenters. The zero-order chi connectivity index (χ0) is 18.4. The van der Waals surface area contributed by atoms with E-state index in [0.717, 1.165) is 16.9 Å². The minimum Gasteiger partial charge on any atom is -0.480 e. The molecule has 0 saturated heterocycles. The van der Waals surface area contributed by atoms with Gasteiger partial charge in [-0.1, -0.05) is 36.4 Å². The van der Waals surface area contributed by atoms with Crippen molar-refractivity contribution in [1.82, 2.24) is 10.0 Å². The molecule has 1 amide bonds. The quantitative estimate of drug-likeness (QED) is 0.636. The molecule has 0 bridgehead atoms. The first-order valence-electron chi connectivity index (χ1n) is 7.42. The van der Waals surface area contributed by atoms with Crippen LogP contribution in [0.4, 0.5) is 0 Å². The number of carbonyl (C=O) groups excluding carboxylic acids is 1. The molecular formula is C16H18N2O5S2. The number of rotatable bonds is 8. The minimum atomic E-state index is -3.82. The topological polar surface area (TPSA) is 113 Å². The maximum Gasteiger partial charge on any atom is 0.326 e. The van der Waals surface area contributed by atoms with Crippen LogP contribution >= 0.6 is 11.3 Å². The summed E-state index contributed by atoms with van der Waals surface area (Å²) in [5.74, 6) is -1.89. The summed E-state index contributed by atoms with van der Waals surface area (Å²) in [6.07, 6.45) is 0.103. The van der Waals surface area contributed by atoms with Gasteiger partial charge in [-0.2, -0.15) is 4.72 Å². The maximum atomic E-state index is 12.2. The van der Waals surface area contributed by atoms with Crippen molar-refractivity contribution in [2.45, 2.75) is 29.6 Å². The molecule has 2 rings (SSSR count). The average molecular weight is 382 g/mol. The van der Waals surface area contributed by atoms with Crippen LogP contribution in [0.1, 0.15) is 12.5 Å². The van der Waals surface area contributed by atoms with Gasteiger partial charge in [-0.25, -0.2) is 13.2 Å². The molecule has 2 atom stereocenters. The van der Waals surface area contributed by atoms with E-state index >= 15 is 0 Å². The second-order valence-corrected chi connectivity index (χ2v) is 8.25. The monoisotopic (exact) mass is 382 g/mol. The molecule has 0 aliphatic carbocycles. The summed E-state index contributed by atoms with van der Waals surface area (Å²) in [5, 5.41) is 13.3. The van der Waals surface area contributed by atoms with Crippen LogP contribution < -0.4 is 10.0 Å². The van der Waals surface area contributed by atoms with Crippen LogP contribution in [0.5, 0.6) is 0 Å². The number of thiophene rings is 1. The summed E-state index contributed by atoms with van der Waals surface area (Å²) >= 11 is 1.03. The van der Waals surface area contributed by atoms with Crippen molar-refractivity contribution in [1.29, 1.82) is 0 Å². The standard InChI is InChI=1S/C16H18N2O5S2/c1-11(18-25(22,23)14-8-5-9-24-14)15(19)17-13(16(20)21)10-12-6-3-2-4-7-12/h2-9,11,13,18H,10H2,1H3,(H,17,19)(H,20,21). The molecule has 25 heavy (non-hydrogen) atoms. The fraction of sp³-hybridized carbons (Fsp3) is 0.250. The molecule has 1 aromatic carbocycles. The first kappa shape index (κ1) is 19.1. The van der Waals surface area contributed by atoms with Gasteiger partial charge in [-0.05, 0) is 23.9 Å². The van der Waals surface area contributed by atoms with E-state index in [-0.39, 0.29) is 10.6 Å². The van der Waals surface area contributed by atoms with Gasteiger partial charge < -0.3 is 10.4 Å². The molecule has 0 fully saturated rings. The van der Waals surface area contributed by atoms with Crippen LogP contribution in [-0.4, -0.2) is 37.5 Å². The SMILES string of the molecule is CC(NS(=O)(=O)c1cccs1)C(=O)NC(Cc1ccccc1)C(=O)O. The molecule has 0 spiro atoms. The van der Waals surface area contributed by atoms with Gasteiger partial charge in [-0.3, -0.25) is 4.79 Å². The Kier molecular flexibility index (Phi) is 6.29. The molecule has 1 aromatic heterocycles. The predicted octanol–water partition coefficient (Wildman–Crippen LogP) is 1.23. The molecule has 7 nitrogen and oxygen atoms in total. The number of nitrogens with one attached hydrogen (secondary N) is 2. The molecule has 0 aliphatic rings. The van der Waals surface area contributed by atoms with Gasteiger partial charge in [0.25, 0.3) is 10.0 Å². The van der Waals surface area contributed by atoms with Gasteiger partial charge in [0.15, 0.2) is 0 Å². The Morgan fingerprint density at radius 2 is 1.84 bits per heavy atom. The summed E-state index contributed by atoms with van der Waals surface area (Å²) in [6, 6.07) is 9.61. The molecule has 1 heterocycles. The van der Waals surface area contributed by atoms with E-state index in [2.05, 4.69) is 10.0 Å². The Balaban J connectivity index is 2.01. The summed E-state index contributed by atoms with van der Waals surface area (Å²) in [7, 11) is -3.82. The van der Waals surface area contributed by atoms with E-state index in [1.807, 2.05) is 0 Å². The lowest BCUT2D eigenvalue weighted by atomic mass is 10.1. The maximum absolute atomic E-state index is 12.2. The van der Waals surface area contributed by atoms with Gasteiger partial charge in [0.2, 0.25) is 5.91 Å². The molecule has 0 aliphatic heterocycles. The van der Waals surface area contributed by atoms with Crippen LogP contribution in [0.2, 0.25) is 0 Å². The molecule has 3 N–H and O–H groups in total. The molecule has 2 aromatic rings. The number of hydrogen-bond donors (Lipinski definition) is 3. The van der Waals surface area contributed by atoms with Crippen molar-refractivity contribution in [3.8, 4) is 0 Å². The number of benzene rings is 1. The Morgan fingerprint density at radius 3 is 2.40 bits per heavy atom. The van der Waals surface area contributed by atoms with Crippen molar-refractivity contribution < 1.29 is 23.1 Å². The average Bonchev–Trinajstić information content (AvgIpc) is 3.10. The third-order valence-corrected chi connectivity index (χ3v) is 6.32. The fourth-order valence-electron chi connectivity index (χ4n) is 2.11. The van der Waals surface area contributed by atoms with Crippen molar-refractivity contribution in [2.24, 2.45) is 0 Å². The first-order chi connectivity index (χ1) is 11.8. The first-order valence-corrected chi connectivity index (χ1v) is 9.79. The van der Waals surface area contributed by atoms with Gasteiger partial charge in [0, 0.05) is 6.42 Å². The van der Waals surface area contributed by atoms with E-state index in [1.165, 1.54) is 13.0 Å². The van der Waals surface area contributed by atoms with Gasteiger partial charge in [-0.15, -0.1) is 11.3 Å². The predicted molar refractivity (Wildman–Crippen MR) is 93.8 cm³/mol. The van der Waals surface area contributed by atoms with E-state index in [0.29, 0.717) is 0 Å². The summed E-state index contributed by atoms with van der Waals surface area (Å²) in [4.78, 5) is 23.6. The summed E-state index contributed by atoms with van der Waals surface area (Å²) in [5.41, 5.74) is 0.752. The fourth-order valence-corrected chi connectivity index (χ4v) is 4.32. The van der Waals surface area contributed by atoms with Crippen molar-refractivity contribution in [3.63, 3.8) is 0 Å². The normalized spacial score (nSPS) is 13.8. The highest BCUT2D eigenvalue weighted by atomic mass is 32.2. The molecular weight excluding hydrogens is 364 g/mol. The van der Waals surface area contributed by atoms with E-state index in [1.54, 1.807) is 41.8 Å². The summed E-state index contributed by atoms with van der Waals surface area (Å²) < 4.78 is 26.6. The lowest BCUT2D eigenvalue weighted by Gasteiger charge is -2.18. The lowest BCUT2D eigenvalue weighted by molar-refractivity contribution is -0.141. The number of aliphatic carboxylic acids is 1. The highest BCUT2D eigenvalue weighted by molar-refractivity contribution is 7.91. The molecule has 9 heteroatoms. The second-order valence-electron chi connectivity index (χ2n) is 5.36. The number of carbonyl (C=O) groups is 2. The van der Waals surface area contributed by atoms with Crippen LogP contribution in [0.15, 0.2) is 52.1 Å². The number of sulfonamides is 1. The highest BCUT2D eigenvalue weighted by Gasteiger charge is 2.26. The van der Waals surface area contributed by atoms with Crippen LogP contribution in [0.3, 0.4) is 0 Å². The zero-order valence-corrected chi connectivity index (χ0v) is 15.0. The van der Waals surface area contributed by atoms with Gasteiger partial charge in [0.05, 0.1) is 6.04 Å². The van der Waals surface area contributed by atoms with Crippen molar-refractivity contribution in [3.05, 3.63) is 53.4 Å². The molecule has 0 saturated carbocycles. The third kappa shape index (κ3) is 5.38. The van der Waals surface area contributed by atoms with Crippen LogP contribution in [0.25, 0.3) is 0 Å².